The molecule has 27 heavy (non-hydrogen) atoms. The van der Waals surface area contributed by atoms with E-state index in [1.807, 2.05) is 6.92 Å². The van der Waals surface area contributed by atoms with Crippen molar-refractivity contribution in [2.24, 2.45) is 29.6 Å². The van der Waals surface area contributed by atoms with Crippen LogP contribution >= 0.6 is 0 Å². The molecule has 0 amide bonds. The first-order valence-electron chi connectivity index (χ1n) is 10.5. The summed E-state index contributed by atoms with van der Waals surface area (Å²) in [6.07, 6.45) is 2.27. The molecule has 0 aromatic carbocycles. The molecule has 1 aliphatic carbocycles. The van der Waals surface area contributed by atoms with Crippen LogP contribution in [0, 0.1) is 29.6 Å². The lowest BCUT2D eigenvalue weighted by Crippen LogP contribution is -2.56. The minimum Gasteiger partial charge on any atom is -0.462 e. The van der Waals surface area contributed by atoms with Crippen LogP contribution in [0.2, 0.25) is 0 Å². The number of aliphatic hydroxyl groups is 1. The topological polar surface area (TPSA) is 65.0 Å². The molecule has 5 nitrogen and oxygen atoms in total. The smallest absolute Gasteiger partial charge is 0.302 e. The van der Waals surface area contributed by atoms with E-state index in [1.165, 1.54) is 6.92 Å². The van der Waals surface area contributed by atoms with Crippen molar-refractivity contribution in [1.82, 2.24) is 0 Å². The lowest BCUT2D eigenvalue weighted by molar-refractivity contribution is -0.184. The van der Waals surface area contributed by atoms with Crippen molar-refractivity contribution in [2.45, 2.75) is 83.4 Å². The van der Waals surface area contributed by atoms with Gasteiger partial charge in [-0.05, 0) is 50.4 Å². The Morgan fingerprint density at radius 1 is 1.30 bits per heavy atom. The van der Waals surface area contributed by atoms with Crippen LogP contribution in [0.25, 0.3) is 0 Å². The fourth-order valence-corrected chi connectivity index (χ4v) is 6.38. The summed E-state index contributed by atoms with van der Waals surface area (Å²) in [6, 6.07) is 0. The summed E-state index contributed by atoms with van der Waals surface area (Å²) < 4.78 is 18.9. The van der Waals surface area contributed by atoms with Crippen molar-refractivity contribution in [3.8, 4) is 0 Å². The SMILES string of the molecule is C=C1CCC(O)C2(C)OCC(C)C3CC(C)C(OC(C)=O)C4C(C1)OC2C34. The molecular formula is C22H34O5. The molecule has 3 saturated heterocycles. The molecule has 3 heterocycles. The van der Waals surface area contributed by atoms with E-state index in [2.05, 4.69) is 20.4 Å². The maximum absolute atomic E-state index is 11.9. The van der Waals surface area contributed by atoms with Gasteiger partial charge in [0.15, 0.2) is 0 Å². The predicted molar refractivity (Wildman–Crippen MR) is 101 cm³/mol. The molecule has 4 rings (SSSR count). The minimum atomic E-state index is -0.730. The Labute approximate surface area is 162 Å². The van der Waals surface area contributed by atoms with Gasteiger partial charge in [-0.15, -0.1) is 0 Å². The highest BCUT2D eigenvalue weighted by atomic mass is 16.6. The second-order valence-corrected chi connectivity index (χ2v) is 9.68. The number of hydrogen-bond donors (Lipinski definition) is 1. The molecule has 10 atom stereocenters. The van der Waals surface area contributed by atoms with Gasteiger partial charge in [0.25, 0.3) is 0 Å². The van der Waals surface area contributed by atoms with E-state index in [4.69, 9.17) is 14.2 Å². The first-order valence-corrected chi connectivity index (χ1v) is 10.5. The number of esters is 1. The number of ether oxygens (including phenoxy) is 3. The maximum Gasteiger partial charge on any atom is 0.302 e. The van der Waals surface area contributed by atoms with E-state index < -0.39 is 11.7 Å². The Bertz CT molecular complexity index is 618. The summed E-state index contributed by atoms with van der Waals surface area (Å²) in [6.45, 7) is 12.8. The van der Waals surface area contributed by atoms with E-state index in [0.717, 1.165) is 24.8 Å². The Kier molecular flexibility index (Phi) is 4.93. The lowest BCUT2D eigenvalue weighted by Gasteiger charge is -2.47. The normalized spacial score (nSPS) is 52.3. The van der Waals surface area contributed by atoms with Crippen molar-refractivity contribution in [2.75, 3.05) is 6.61 Å². The third-order valence-electron chi connectivity index (χ3n) is 7.80. The van der Waals surface area contributed by atoms with Gasteiger partial charge < -0.3 is 19.3 Å². The van der Waals surface area contributed by atoms with Gasteiger partial charge in [0, 0.05) is 18.8 Å². The van der Waals surface area contributed by atoms with Gasteiger partial charge in [-0.25, -0.2) is 0 Å². The van der Waals surface area contributed by atoms with E-state index in [0.29, 0.717) is 24.9 Å². The molecule has 4 fully saturated rings. The minimum absolute atomic E-state index is 0.0272. The average molecular weight is 379 g/mol. The number of hydrogen-bond acceptors (Lipinski definition) is 5. The van der Waals surface area contributed by atoms with Crippen LogP contribution in [0.4, 0.5) is 0 Å². The molecule has 5 heteroatoms. The summed E-state index contributed by atoms with van der Waals surface area (Å²) in [5.74, 6) is 1.28. The molecule has 0 radical (unpaired) electrons. The third-order valence-corrected chi connectivity index (χ3v) is 7.80. The highest BCUT2D eigenvalue weighted by Crippen LogP contribution is 2.57. The van der Waals surface area contributed by atoms with E-state index in [1.54, 1.807) is 0 Å². The van der Waals surface area contributed by atoms with Crippen molar-refractivity contribution in [3.05, 3.63) is 12.2 Å². The van der Waals surface area contributed by atoms with Crippen LogP contribution in [0.15, 0.2) is 12.2 Å². The lowest BCUT2D eigenvalue weighted by atomic mass is 9.59. The molecule has 0 spiro atoms. The number of carbonyl (C=O) groups excluding carboxylic acids is 1. The number of carbonyl (C=O) groups is 1. The van der Waals surface area contributed by atoms with Crippen LogP contribution in [0.5, 0.6) is 0 Å². The van der Waals surface area contributed by atoms with Crippen LogP contribution in [0.3, 0.4) is 0 Å². The summed E-state index contributed by atoms with van der Waals surface area (Å²) in [7, 11) is 0. The van der Waals surface area contributed by atoms with Crippen LogP contribution in [-0.4, -0.2) is 47.7 Å². The molecule has 3 aliphatic heterocycles. The van der Waals surface area contributed by atoms with Gasteiger partial charge in [0.05, 0.1) is 24.9 Å². The Morgan fingerprint density at radius 2 is 2.04 bits per heavy atom. The zero-order chi connectivity index (χ0) is 19.5. The van der Waals surface area contributed by atoms with Gasteiger partial charge in [0.1, 0.15) is 11.7 Å². The second kappa shape index (κ2) is 6.85. The molecular weight excluding hydrogens is 344 g/mol. The fourth-order valence-electron chi connectivity index (χ4n) is 6.38. The van der Waals surface area contributed by atoms with Crippen LogP contribution in [-0.2, 0) is 19.0 Å². The second-order valence-electron chi connectivity index (χ2n) is 9.68. The van der Waals surface area contributed by atoms with Crippen LogP contribution in [0.1, 0.15) is 53.4 Å². The number of rotatable bonds is 1. The average Bonchev–Trinajstić information content (AvgIpc) is 2.95. The Balaban J connectivity index is 1.81. The summed E-state index contributed by atoms with van der Waals surface area (Å²) in [5.41, 5.74) is 0.374. The first-order chi connectivity index (χ1) is 12.7. The standard InChI is InChI=1S/C22H34O5/c1-11-6-7-17(24)22(5)21-18-15(13(3)10-25-22)9-12(2)20(26-14(4)23)19(18)16(8-11)27-21/h12-13,15-21,24H,1,6-10H2,2-5H3. The number of aliphatic hydroxyl groups excluding tert-OH is 1. The van der Waals surface area contributed by atoms with Crippen LogP contribution < -0.4 is 0 Å². The summed E-state index contributed by atoms with van der Waals surface area (Å²) >= 11 is 0. The van der Waals surface area contributed by atoms with Crippen molar-refractivity contribution < 1.29 is 24.1 Å². The van der Waals surface area contributed by atoms with Gasteiger partial charge >= 0.3 is 5.97 Å². The molecule has 1 saturated carbocycles. The van der Waals surface area contributed by atoms with Gasteiger partial charge in [-0.1, -0.05) is 26.0 Å². The zero-order valence-electron chi connectivity index (χ0n) is 17.0. The van der Waals surface area contributed by atoms with E-state index in [-0.39, 0.29) is 42.0 Å². The van der Waals surface area contributed by atoms with E-state index >= 15 is 0 Å². The monoisotopic (exact) mass is 378 g/mol. The quantitative estimate of drug-likeness (QED) is 0.561. The highest BCUT2D eigenvalue weighted by Gasteiger charge is 2.64. The predicted octanol–water partition coefficient (Wildman–Crippen LogP) is 3.10. The van der Waals surface area contributed by atoms with Gasteiger partial charge in [-0.3, -0.25) is 4.79 Å². The Hall–Kier alpha value is -0.910. The fraction of sp³-hybridized carbons (Fsp3) is 0.864. The van der Waals surface area contributed by atoms with Gasteiger partial charge in [-0.2, -0.15) is 0 Å². The van der Waals surface area contributed by atoms with Crippen molar-refractivity contribution >= 4 is 5.97 Å². The molecule has 0 aromatic rings. The molecule has 1 N–H and O–H groups in total. The molecule has 152 valence electrons. The molecule has 10 unspecified atom stereocenters. The maximum atomic E-state index is 11.9. The zero-order valence-corrected chi connectivity index (χ0v) is 17.0. The Morgan fingerprint density at radius 3 is 2.74 bits per heavy atom. The molecule has 2 bridgehead atoms. The number of fused-ring (bicyclic) bond motifs is 2. The summed E-state index contributed by atoms with van der Waals surface area (Å²) in [4.78, 5) is 11.9. The van der Waals surface area contributed by atoms with Crippen molar-refractivity contribution in [3.63, 3.8) is 0 Å². The van der Waals surface area contributed by atoms with E-state index in [9.17, 15) is 9.90 Å². The summed E-state index contributed by atoms with van der Waals surface area (Å²) in [5, 5.41) is 11.1. The molecule has 4 aliphatic rings. The highest BCUT2D eigenvalue weighted by molar-refractivity contribution is 5.66. The molecule has 0 aromatic heterocycles. The largest absolute Gasteiger partial charge is 0.462 e. The van der Waals surface area contributed by atoms with Crippen molar-refractivity contribution in [1.29, 1.82) is 0 Å². The van der Waals surface area contributed by atoms with Gasteiger partial charge in [0.2, 0.25) is 0 Å². The third kappa shape index (κ3) is 3.06. The first kappa shape index (κ1) is 19.4.